The minimum absolute atomic E-state index is 0.0810. The Bertz CT molecular complexity index is 1120. The van der Waals surface area contributed by atoms with E-state index in [1.807, 2.05) is 72.8 Å². The molecule has 1 N–H and O–H groups in total. The van der Waals surface area contributed by atoms with E-state index in [1.54, 1.807) is 12.4 Å². The molecule has 0 radical (unpaired) electrons. The fourth-order valence-electron chi connectivity index (χ4n) is 3.63. The van der Waals surface area contributed by atoms with Gasteiger partial charge in [0, 0.05) is 40.0 Å². The van der Waals surface area contributed by atoms with Crippen LogP contribution >= 0.6 is 0 Å². The van der Waals surface area contributed by atoms with E-state index in [-0.39, 0.29) is 5.91 Å². The molecule has 5 rings (SSSR count). The Labute approximate surface area is 156 Å². The number of benzene rings is 3. The zero-order valence-corrected chi connectivity index (χ0v) is 14.4. The van der Waals surface area contributed by atoms with Crippen molar-refractivity contribution in [1.82, 2.24) is 4.98 Å². The molecule has 0 spiro atoms. The van der Waals surface area contributed by atoms with Crippen LogP contribution in [0.25, 0.3) is 10.8 Å². The highest BCUT2D eigenvalue weighted by Crippen LogP contribution is 2.44. The molecule has 27 heavy (non-hydrogen) atoms. The van der Waals surface area contributed by atoms with E-state index in [2.05, 4.69) is 10.3 Å². The predicted molar refractivity (Wildman–Crippen MR) is 105 cm³/mol. The van der Waals surface area contributed by atoms with Crippen molar-refractivity contribution in [3.8, 4) is 11.5 Å². The first-order valence-corrected chi connectivity index (χ1v) is 8.80. The van der Waals surface area contributed by atoms with Crippen molar-refractivity contribution in [3.05, 3.63) is 96.3 Å². The van der Waals surface area contributed by atoms with Crippen LogP contribution in [0.3, 0.4) is 0 Å². The van der Waals surface area contributed by atoms with Crippen molar-refractivity contribution < 1.29 is 9.53 Å². The monoisotopic (exact) mass is 352 g/mol. The van der Waals surface area contributed by atoms with Crippen molar-refractivity contribution in [2.24, 2.45) is 0 Å². The van der Waals surface area contributed by atoms with Gasteiger partial charge in [0.2, 0.25) is 5.91 Å². The molecular formula is C23H16N2O2. The van der Waals surface area contributed by atoms with Crippen LogP contribution in [0.1, 0.15) is 17.0 Å². The van der Waals surface area contributed by atoms with E-state index in [4.69, 9.17) is 4.74 Å². The summed E-state index contributed by atoms with van der Waals surface area (Å²) in [5.74, 6) is 0.933. The zero-order valence-electron chi connectivity index (χ0n) is 14.4. The topological polar surface area (TPSA) is 51.2 Å². The number of nitrogens with one attached hydrogen (secondary N) is 1. The second kappa shape index (κ2) is 6.25. The van der Waals surface area contributed by atoms with Crippen LogP contribution in [-0.4, -0.2) is 10.9 Å². The second-order valence-electron chi connectivity index (χ2n) is 6.50. The average Bonchev–Trinajstić information content (AvgIpc) is 2.72. The molecule has 4 nitrogen and oxygen atoms in total. The van der Waals surface area contributed by atoms with Gasteiger partial charge >= 0.3 is 0 Å². The Morgan fingerprint density at radius 1 is 0.852 bits per heavy atom. The molecule has 1 aromatic heterocycles. The molecule has 0 bridgehead atoms. The number of hydrogen-bond acceptors (Lipinski definition) is 3. The molecule has 1 aliphatic heterocycles. The van der Waals surface area contributed by atoms with E-state index >= 15 is 0 Å². The number of para-hydroxylation sites is 2. The maximum absolute atomic E-state index is 13.4. The van der Waals surface area contributed by atoms with E-state index < -0.39 is 5.92 Å². The molecule has 4 aromatic rings. The fraction of sp³-hybridized carbons (Fsp3) is 0.0435. The SMILES string of the molecule is O=C(Nc1cccc2cnccc12)C1c2ccccc2Oc2ccccc21. The lowest BCUT2D eigenvalue weighted by atomic mass is 9.87. The number of fused-ring (bicyclic) bond motifs is 3. The van der Waals surface area contributed by atoms with Crippen LogP contribution in [0, 0.1) is 0 Å². The van der Waals surface area contributed by atoms with Crippen molar-refractivity contribution in [1.29, 1.82) is 0 Å². The smallest absolute Gasteiger partial charge is 0.236 e. The van der Waals surface area contributed by atoms with Crippen LogP contribution in [0.4, 0.5) is 5.69 Å². The van der Waals surface area contributed by atoms with Gasteiger partial charge in [0.05, 0.1) is 5.92 Å². The second-order valence-corrected chi connectivity index (χ2v) is 6.50. The van der Waals surface area contributed by atoms with Crippen molar-refractivity contribution >= 4 is 22.4 Å². The highest BCUT2D eigenvalue weighted by Gasteiger charge is 2.32. The molecular weight excluding hydrogens is 336 g/mol. The molecule has 130 valence electrons. The number of nitrogens with zero attached hydrogens (tertiary/aromatic N) is 1. The first kappa shape index (κ1) is 15.6. The van der Waals surface area contributed by atoms with Gasteiger partial charge in [0.15, 0.2) is 0 Å². The van der Waals surface area contributed by atoms with Gasteiger partial charge < -0.3 is 10.1 Å². The van der Waals surface area contributed by atoms with Gasteiger partial charge in [-0.25, -0.2) is 0 Å². The average molecular weight is 352 g/mol. The summed E-state index contributed by atoms with van der Waals surface area (Å²) in [7, 11) is 0. The van der Waals surface area contributed by atoms with Crippen LogP contribution in [-0.2, 0) is 4.79 Å². The van der Waals surface area contributed by atoms with Gasteiger partial charge in [-0.15, -0.1) is 0 Å². The molecule has 0 atom stereocenters. The van der Waals surface area contributed by atoms with Gasteiger partial charge in [-0.1, -0.05) is 48.5 Å². The van der Waals surface area contributed by atoms with Gasteiger partial charge in [0.25, 0.3) is 0 Å². The number of amides is 1. The number of pyridine rings is 1. The maximum atomic E-state index is 13.4. The van der Waals surface area contributed by atoms with Crippen molar-refractivity contribution in [2.75, 3.05) is 5.32 Å². The van der Waals surface area contributed by atoms with Gasteiger partial charge in [0.1, 0.15) is 11.5 Å². The third-order valence-corrected chi connectivity index (χ3v) is 4.88. The highest BCUT2D eigenvalue weighted by atomic mass is 16.5. The van der Waals surface area contributed by atoms with Crippen LogP contribution in [0.2, 0.25) is 0 Å². The summed E-state index contributed by atoms with van der Waals surface area (Å²) in [5, 5.41) is 5.07. The van der Waals surface area contributed by atoms with Gasteiger partial charge in [-0.3, -0.25) is 9.78 Å². The molecule has 0 fully saturated rings. The highest BCUT2D eigenvalue weighted by molar-refractivity contribution is 6.05. The molecule has 0 unspecified atom stereocenters. The normalized spacial score (nSPS) is 12.7. The Hall–Kier alpha value is -3.66. The molecule has 3 aromatic carbocycles. The summed E-state index contributed by atoms with van der Waals surface area (Å²) in [6.07, 6.45) is 3.53. The summed E-state index contributed by atoms with van der Waals surface area (Å²) in [6.45, 7) is 0. The molecule has 0 saturated carbocycles. The fourth-order valence-corrected chi connectivity index (χ4v) is 3.63. The molecule has 0 aliphatic carbocycles. The lowest BCUT2D eigenvalue weighted by Crippen LogP contribution is -2.25. The van der Waals surface area contributed by atoms with Crippen molar-refractivity contribution in [2.45, 2.75) is 5.92 Å². The first-order valence-electron chi connectivity index (χ1n) is 8.80. The molecule has 2 heterocycles. The Morgan fingerprint density at radius 3 is 2.30 bits per heavy atom. The number of rotatable bonds is 2. The molecule has 1 amide bonds. The van der Waals surface area contributed by atoms with Crippen LogP contribution < -0.4 is 10.1 Å². The lowest BCUT2D eigenvalue weighted by Gasteiger charge is -2.27. The number of ether oxygens (including phenoxy) is 1. The van der Waals surface area contributed by atoms with Gasteiger partial charge in [-0.05, 0) is 24.3 Å². The Kier molecular flexibility index (Phi) is 3.61. The summed E-state index contributed by atoms with van der Waals surface area (Å²) in [4.78, 5) is 17.5. The predicted octanol–water partition coefficient (Wildman–Crippen LogP) is 5.11. The summed E-state index contributed by atoms with van der Waals surface area (Å²) >= 11 is 0. The van der Waals surface area contributed by atoms with E-state index in [1.165, 1.54) is 0 Å². The van der Waals surface area contributed by atoms with Crippen LogP contribution in [0.15, 0.2) is 85.2 Å². The lowest BCUT2D eigenvalue weighted by molar-refractivity contribution is -0.116. The maximum Gasteiger partial charge on any atom is 0.236 e. The summed E-state index contributed by atoms with van der Waals surface area (Å²) < 4.78 is 5.99. The standard InChI is InChI=1S/C23H16N2O2/c26-23(25-19-9-5-6-15-14-24-13-12-16(15)19)22-17-7-1-3-10-20(17)27-21-11-4-2-8-18(21)22/h1-14,22H,(H,25,26). The zero-order chi connectivity index (χ0) is 18.2. The number of hydrogen-bond donors (Lipinski definition) is 1. The summed E-state index contributed by atoms with van der Waals surface area (Å²) in [6, 6.07) is 23.1. The quantitative estimate of drug-likeness (QED) is 0.545. The first-order chi connectivity index (χ1) is 13.3. The molecule has 0 saturated heterocycles. The van der Waals surface area contributed by atoms with E-state index in [9.17, 15) is 4.79 Å². The van der Waals surface area contributed by atoms with E-state index in [0.29, 0.717) is 0 Å². The molecule has 1 aliphatic rings. The Morgan fingerprint density at radius 2 is 1.56 bits per heavy atom. The number of aromatic nitrogens is 1. The summed E-state index contributed by atoms with van der Waals surface area (Å²) in [5.41, 5.74) is 2.52. The number of carbonyl (C=O) groups is 1. The van der Waals surface area contributed by atoms with Gasteiger partial charge in [-0.2, -0.15) is 0 Å². The largest absolute Gasteiger partial charge is 0.457 e. The minimum Gasteiger partial charge on any atom is -0.457 e. The third-order valence-electron chi connectivity index (χ3n) is 4.88. The Balaban J connectivity index is 1.59. The number of anilines is 1. The number of carbonyl (C=O) groups excluding carboxylic acids is 1. The third kappa shape index (κ3) is 2.62. The van der Waals surface area contributed by atoms with Crippen molar-refractivity contribution in [3.63, 3.8) is 0 Å². The molecule has 4 heteroatoms. The minimum atomic E-state index is -0.428. The van der Waals surface area contributed by atoms with E-state index in [0.717, 1.165) is 39.1 Å². The van der Waals surface area contributed by atoms with Crippen LogP contribution in [0.5, 0.6) is 11.5 Å².